The molecule has 2 heteroatoms. The van der Waals surface area contributed by atoms with Gasteiger partial charge in [-0.3, -0.25) is 4.79 Å². The van der Waals surface area contributed by atoms with Crippen molar-refractivity contribution in [2.24, 2.45) is 5.41 Å². The van der Waals surface area contributed by atoms with Crippen LogP contribution in [0.4, 0.5) is 0 Å². The van der Waals surface area contributed by atoms with E-state index in [2.05, 4.69) is 6.08 Å². The molecule has 0 N–H and O–H groups in total. The summed E-state index contributed by atoms with van der Waals surface area (Å²) in [6.07, 6.45) is 9.76. The number of hydrogen-bond donors (Lipinski definition) is 0. The van der Waals surface area contributed by atoms with E-state index in [1.165, 1.54) is 12.8 Å². The summed E-state index contributed by atoms with van der Waals surface area (Å²) in [5.74, 6) is -0.0712. The number of carbonyl (C=O) groups excluding carboxylic acids is 1. The average molecular weight is 196 g/mol. The minimum atomic E-state index is -0.379. The van der Waals surface area contributed by atoms with E-state index in [0.29, 0.717) is 6.61 Å². The Hall–Kier alpha value is -0.790. The van der Waals surface area contributed by atoms with Crippen LogP contribution in [0.3, 0.4) is 0 Å². The lowest BCUT2D eigenvalue weighted by atomic mass is 9.82. The van der Waals surface area contributed by atoms with Crippen LogP contribution in [-0.2, 0) is 9.53 Å². The van der Waals surface area contributed by atoms with E-state index in [-0.39, 0.29) is 11.4 Å². The van der Waals surface area contributed by atoms with Crippen molar-refractivity contribution >= 4 is 5.97 Å². The molecule has 0 aromatic heterocycles. The standard InChI is InChI=1S/C12H20O2/c1-3-14-11(13)12(2)9-7-5-4-6-8-10-12/h7,9H,3-6,8,10H2,1-2H3. The zero-order chi connectivity index (χ0) is 10.4. The number of hydrogen-bond acceptors (Lipinski definition) is 2. The summed E-state index contributed by atoms with van der Waals surface area (Å²) in [5.41, 5.74) is -0.379. The highest BCUT2D eigenvalue weighted by Crippen LogP contribution is 2.30. The molecule has 0 aromatic rings. The Morgan fingerprint density at radius 2 is 2.21 bits per heavy atom. The Balaban J connectivity index is 2.67. The van der Waals surface area contributed by atoms with E-state index in [1.54, 1.807) is 0 Å². The van der Waals surface area contributed by atoms with E-state index in [9.17, 15) is 4.79 Å². The van der Waals surface area contributed by atoms with Crippen LogP contribution in [0, 0.1) is 5.41 Å². The lowest BCUT2D eigenvalue weighted by Gasteiger charge is -2.24. The van der Waals surface area contributed by atoms with Gasteiger partial charge in [-0.15, -0.1) is 0 Å². The largest absolute Gasteiger partial charge is 0.465 e. The smallest absolute Gasteiger partial charge is 0.315 e. The molecule has 1 aliphatic rings. The average Bonchev–Trinajstić information content (AvgIpc) is 2.12. The number of esters is 1. The van der Waals surface area contributed by atoms with Crippen LogP contribution in [0.1, 0.15) is 46.0 Å². The molecule has 0 bridgehead atoms. The predicted octanol–water partition coefficient (Wildman–Crippen LogP) is 3.08. The Kier molecular flexibility index (Phi) is 4.18. The molecule has 1 aliphatic carbocycles. The molecule has 0 heterocycles. The normalized spacial score (nSPS) is 27.9. The van der Waals surface area contributed by atoms with E-state index >= 15 is 0 Å². The zero-order valence-corrected chi connectivity index (χ0v) is 9.21. The molecule has 80 valence electrons. The maximum absolute atomic E-state index is 11.7. The van der Waals surface area contributed by atoms with Crippen molar-refractivity contribution in [3.63, 3.8) is 0 Å². The SMILES string of the molecule is CCOC(=O)C1(C)C=CCCCCC1. The number of carbonyl (C=O) groups is 1. The molecule has 0 spiro atoms. The van der Waals surface area contributed by atoms with Crippen molar-refractivity contribution in [1.29, 1.82) is 0 Å². The first-order valence-electron chi connectivity index (χ1n) is 5.54. The summed E-state index contributed by atoms with van der Waals surface area (Å²) in [5, 5.41) is 0. The molecular weight excluding hydrogens is 176 g/mol. The molecule has 0 aromatic carbocycles. The van der Waals surface area contributed by atoms with E-state index in [1.807, 2.05) is 19.9 Å². The van der Waals surface area contributed by atoms with Crippen molar-refractivity contribution in [1.82, 2.24) is 0 Å². The van der Waals surface area contributed by atoms with Crippen molar-refractivity contribution in [2.75, 3.05) is 6.61 Å². The van der Waals surface area contributed by atoms with Gasteiger partial charge in [-0.05, 0) is 33.1 Å². The summed E-state index contributed by atoms with van der Waals surface area (Å²) in [6, 6.07) is 0. The van der Waals surface area contributed by atoms with Gasteiger partial charge < -0.3 is 4.74 Å². The quantitative estimate of drug-likeness (QED) is 0.501. The lowest BCUT2D eigenvalue weighted by molar-refractivity contribution is -0.152. The third kappa shape index (κ3) is 2.86. The fourth-order valence-corrected chi connectivity index (χ4v) is 1.82. The van der Waals surface area contributed by atoms with Crippen LogP contribution < -0.4 is 0 Å². The summed E-state index contributed by atoms with van der Waals surface area (Å²) in [6.45, 7) is 4.31. The van der Waals surface area contributed by atoms with Gasteiger partial charge in [-0.1, -0.05) is 25.0 Å². The van der Waals surface area contributed by atoms with E-state index in [4.69, 9.17) is 4.74 Å². The molecule has 0 saturated carbocycles. The zero-order valence-electron chi connectivity index (χ0n) is 9.21. The number of rotatable bonds is 2. The van der Waals surface area contributed by atoms with E-state index < -0.39 is 0 Å². The number of allylic oxidation sites excluding steroid dienone is 1. The van der Waals surface area contributed by atoms with Crippen molar-refractivity contribution in [3.8, 4) is 0 Å². The summed E-state index contributed by atoms with van der Waals surface area (Å²) >= 11 is 0. The topological polar surface area (TPSA) is 26.3 Å². The Morgan fingerprint density at radius 3 is 2.93 bits per heavy atom. The third-order valence-corrected chi connectivity index (χ3v) is 2.79. The highest BCUT2D eigenvalue weighted by atomic mass is 16.5. The maximum atomic E-state index is 11.7. The van der Waals surface area contributed by atoms with Gasteiger partial charge in [0.25, 0.3) is 0 Å². The summed E-state index contributed by atoms with van der Waals surface area (Å²) < 4.78 is 5.09. The second kappa shape index (κ2) is 5.18. The Morgan fingerprint density at radius 1 is 1.43 bits per heavy atom. The molecule has 0 saturated heterocycles. The van der Waals surface area contributed by atoms with Crippen LogP contribution in [0.2, 0.25) is 0 Å². The highest BCUT2D eigenvalue weighted by Gasteiger charge is 2.31. The van der Waals surface area contributed by atoms with Crippen LogP contribution in [-0.4, -0.2) is 12.6 Å². The molecule has 1 atom stereocenters. The minimum absolute atomic E-state index is 0.0712. The van der Waals surface area contributed by atoms with Gasteiger partial charge in [0.1, 0.15) is 0 Å². The maximum Gasteiger partial charge on any atom is 0.315 e. The molecule has 14 heavy (non-hydrogen) atoms. The first-order valence-corrected chi connectivity index (χ1v) is 5.54. The van der Waals surface area contributed by atoms with Gasteiger partial charge in [0.05, 0.1) is 12.0 Å². The Labute approximate surface area is 86.3 Å². The molecule has 2 nitrogen and oxygen atoms in total. The van der Waals surface area contributed by atoms with Gasteiger partial charge >= 0.3 is 5.97 Å². The first-order chi connectivity index (χ1) is 6.69. The summed E-state index contributed by atoms with van der Waals surface area (Å²) in [4.78, 5) is 11.7. The van der Waals surface area contributed by atoms with Gasteiger partial charge in [0, 0.05) is 0 Å². The lowest BCUT2D eigenvalue weighted by Crippen LogP contribution is -2.28. The molecule has 0 fully saturated rings. The third-order valence-electron chi connectivity index (χ3n) is 2.79. The van der Waals surface area contributed by atoms with Crippen LogP contribution >= 0.6 is 0 Å². The highest BCUT2D eigenvalue weighted by molar-refractivity contribution is 5.78. The van der Waals surface area contributed by atoms with Gasteiger partial charge in [0.15, 0.2) is 0 Å². The molecule has 0 amide bonds. The van der Waals surface area contributed by atoms with Gasteiger partial charge in [-0.25, -0.2) is 0 Å². The Bertz CT molecular complexity index is 220. The van der Waals surface area contributed by atoms with Crippen molar-refractivity contribution < 1.29 is 9.53 Å². The van der Waals surface area contributed by atoms with Gasteiger partial charge in [-0.2, -0.15) is 0 Å². The first kappa shape index (κ1) is 11.3. The van der Waals surface area contributed by atoms with Crippen LogP contribution in [0.25, 0.3) is 0 Å². The predicted molar refractivity (Wildman–Crippen MR) is 57.0 cm³/mol. The molecular formula is C12H20O2. The fraction of sp³-hybridized carbons (Fsp3) is 0.750. The van der Waals surface area contributed by atoms with Crippen molar-refractivity contribution in [3.05, 3.63) is 12.2 Å². The minimum Gasteiger partial charge on any atom is -0.465 e. The summed E-state index contributed by atoms with van der Waals surface area (Å²) in [7, 11) is 0. The molecule has 0 aliphatic heterocycles. The fourth-order valence-electron chi connectivity index (χ4n) is 1.82. The second-order valence-electron chi connectivity index (χ2n) is 4.14. The number of ether oxygens (including phenoxy) is 1. The van der Waals surface area contributed by atoms with Crippen LogP contribution in [0.15, 0.2) is 12.2 Å². The monoisotopic (exact) mass is 196 g/mol. The second-order valence-corrected chi connectivity index (χ2v) is 4.14. The van der Waals surface area contributed by atoms with Crippen molar-refractivity contribution in [2.45, 2.75) is 46.0 Å². The van der Waals surface area contributed by atoms with Gasteiger partial charge in [0.2, 0.25) is 0 Å². The molecule has 1 unspecified atom stereocenters. The molecule has 1 rings (SSSR count). The van der Waals surface area contributed by atoms with E-state index in [0.717, 1.165) is 19.3 Å². The molecule has 0 radical (unpaired) electrons. The van der Waals surface area contributed by atoms with Crippen LogP contribution in [0.5, 0.6) is 0 Å².